The third-order valence-electron chi connectivity index (χ3n) is 1.44. The van der Waals surface area contributed by atoms with Crippen LogP contribution >= 0.6 is 0 Å². The summed E-state index contributed by atoms with van der Waals surface area (Å²) < 4.78 is 10.2. The third kappa shape index (κ3) is 0.863. The molecular formula is C6H8N2O2. The lowest BCUT2D eigenvalue weighted by Gasteiger charge is -2.07. The number of ether oxygens (including phenoxy) is 1. The molecule has 4 nitrogen and oxygen atoms in total. The lowest BCUT2D eigenvalue weighted by Crippen LogP contribution is -2.18. The molecule has 1 aliphatic heterocycles. The van der Waals surface area contributed by atoms with E-state index in [0.717, 1.165) is 13.2 Å². The van der Waals surface area contributed by atoms with Crippen molar-refractivity contribution in [2.75, 3.05) is 24.8 Å². The van der Waals surface area contributed by atoms with Crippen LogP contribution in [0.15, 0.2) is 16.9 Å². The molecule has 0 atom stereocenters. The van der Waals surface area contributed by atoms with Gasteiger partial charge in [-0.1, -0.05) is 0 Å². The lowest BCUT2D eigenvalue weighted by atomic mass is 10.6. The van der Waals surface area contributed by atoms with E-state index < -0.39 is 0 Å². The van der Waals surface area contributed by atoms with Gasteiger partial charge >= 0.3 is 0 Å². The van der Waals surface area contributed by atoms with Crippen LogP contribution in [0.5, 0.6) is 0 Å². The highest BCUT2D eigenvalue weighted by Crippen LogP contribution is 2.12. The lowest BCUT2D eigenvalue weighted by molar-refractivity contribution is 0.199. The number of anilines is 1. The second-order valence-electron chi connectivity index (χ2n) is 2.12. The summed E-state index contributed by atoms with van der Waals surface area (Å²) in [7, 11) is 0. The van der Waals surface area contributed by atoms with E-state index in [1.807, 2.05) is 4.90 Å². The third-order valence-corrected chi connectivity index (χ3v) is 1.44. The Morgan fingerprint density at radius 3 is 3.20 bits per heavy atom. The highest BCUT2D eigenvalue weighted by Gasteiger charge is 2.15. The fourth-order valence-electron chi connectivity index (χ4n) is 0.937. The molecule has 0 spiro atoms. The van der Waals surface area contributed by atoms with Crippen LogP contribution in [0.1, 0.15) is 0 Å². The molecule has 1 aromatic heterocycles. The molecule has 0 N–H and O–H groups in total. The van der Waals surface area contributed by atoms with Crippen molar-refractivity contribution in [3.05, 3.63) is 12.5 Å². The zero-order chi connectivity index (χ0) is 6.81. The Hall–Kier alpha value is -1.03. The van der Waals surface area contributed by atoms with Gasteiger partial charge in [0.2, 0.25) is 0 Å². The molecule has 0 unspecified atom stereocenters. The second kappa shape index (κ2) is 2.30. The molecule has 1 aliphatic rings. The molecule has 54 valence electrons. The molecule has 4 heteroatoms. The molecule has 0 saturated carbocycles. The number of hydrogen-bond acceptors (Lipinski definition) is 4. The Balaban J connectivity index is 2.12. The topological polar surface area (TPSA) is 38.5 Å². The van der Waals surface area contributed by atoms with Crippen LogP contribution in [0.4, 0.5) is 6.01 Å². The standard InChI is InChI=1S/C6H8N2O2/c1-3-10-6(7-1)8-2-4-9-5-8/h1,3H,2,4-5H2. The summed E-state index contributed by atoms with van der Waals surface area (Å²) in [6.07, 6.45) is 3.20. The van der Waals surface area contributed by atoms with Gasteiger partial charge in [-0.25, -0.2) is 4.98 Å². The SMILES string of the molecule is c1coc(N2CCOC2)n1. The van der Waals surface area contributed by atoms with Gasteiger partial charge in [0, 0.05) is 6.54 Å². The van der Waals surface area contributed by atoms with Crippen LogP contribution in [0, 0.1) is 0 Å². The van der Waals surface area contributed by atoms with Crippen LogP contribution in [-0.2, 0) is 4.74 Å². The number of hydrogen-bond donors (Lipinski definition) is 0. The highest BCUT2D eigenvalue weighted by atomic mass is 16.5. The Morgan fingerprint density at radius 2 is 2.60 bits per heavy atom. The summed E-state index contributed by atoms with van der Waals surface area (Å²) in [5, 5.41) is 0. The largest absolute Gasteiger partial charge is 0.432 e. The van der Waals surface area contributed by atoms with E-state index in [2.05, 4.69) is 4.98 Å². The van der Waals surface area contributed by atoms with Gasteiger partial charge in [0.05, 0.1) is 12.8 Å². The molecule has 1 saturated heterocycles. The van der Waals surface area contributed by atoms with E-state index >= 15 is 0 Å². The van der Waals surface area contributed by atoms with Crippen LogP contribution in [0.2, 0.25) is 0 Å². The summed E-state index contributed by atoms with van der Waals surface area (Å²) >= 11 is 0. The van der Waals surface area contributed by atoms with E-state index in [9.17, 15) is 0 Å². The Labute approximate surface area is 58.4 Å². The minimum atomic E-state index is 0.598. The molecule has 0 amide bonds. The molecule has 10 heavy (non-hydrogen) atoms. The average molecular weight is 140 g/mol. The van der Waals surface area contributed by atoms with E-state index in [1.165, 1.54) is 0 Å². The van der Waals surface area contributed by atoms with Gasteiger partial charge in [0.1, 0.15) is 13.0 Å². The van der Waals surface area contributed by atoms with Gasteiger partial charge < -0.3 is 14.1 Å². The number of aromatic nitrogens is 1. The Bertz CT molecular complexity index is 192. The van der Waals surface area contributed by atoms with E-state index in [-0.39, 0.29) is 0 Å². The monoisotopic (exact) mass is 140 g/mol. The minimum Gasteiger partial charge on any atom is -0.432 e. The smallest absolute Gasteiger partial charge is 0.299 e. The van der Waals surface area contributed by atoms with Crippen molar-refractivity contribution in [3.63, 3.8) is 0 Å². The summed E-state index contributed by atoms with van der Waals surface area (Å²) in [6.45, 7) is 2.24. The number of oxazole rings is 1. The minimum absolute atomic E-state index is 0.598. The van der Waals surface area contributed by atoms with Gasteiger partial charge in [-0.15, -0.1) is 0 Å². The van der Waals surface area contributed by atoms with Crippen molar-refractivity contribution < 1.29 is 9.15 Å². The van der Waals surface area contributed by atoms with Gasteiger partial charge in [-0.05, 0) is 0 Å². The molecule has 0 aliphatic carbocycles. The van der Waals surface area contributed by atoms with Gasteiger partial charge in [0.15, 0.2) is 0 Å². The highest BCUT2D eigenvalue weighted by molar-refractivity contribution is 5.24. The number of nitrogens with zero attached hydrogens (tertiary/aromatic N) is 2. The summed E-state index contributed by atoms with van der Waals surface area (Å²) in [5.74, 6) is 0. The first kappa shape index (κ1) is 5.73. The van der Waals surface area contributed by atoms with Gasteiger partial charge in [-0.2, -0.15) is 0 Å². The van der Waals surface area contributed by atoms with Crippen LogP contribution in [0.25, 0.3) is 0 Å². The molecule has 1 aromatic rings. The first-order valence-corrected chi connectivity index (χ1v) is 3.19. The Kier molecular flexibility index (Phi) is 1.32. The molecular weight excluding hydrogens is 132 g/mol. The van der Waals surface area contributed by atoms with Crippen LogP contribution < -0.4 is 4.90 Å². The van der Waals surface area contributed by atoms with Crippen molar-refractivity contribution in [3.8, 4) is 0 Å². The second-order valence-corrected chi connectivity index (χ2v) is 2.12. The first-order valence-electron chi connectivity index (χ1n) is 3.19. The molecule has 1 fully saturated rings. The summed E-state index contributed by atoms with van der Waals surface area (Å²) in [4.78, 5) is 5.92. The number of rotatable bonds is 1. The normalized spacial score (nSPS) is 18.2. The first-order chi connectivity index (χ1) is 4.97. The van der Waals surface area contributed by atoms with Crippen LogP contribution in [-0.4, -0.2) is 24.9 Å². The zero-order valence-corrected chi connectivity index (χ0v) is 5.49. The zero-order valence-electron chi connectivity index (χ0n) is 5.49. The van der Waals surface area contributed by atoms with Crippen LogP contribution in [0.3, 0.4) is 0 Å². The van der Waals surface area contributed by atoms with E-state index in [0.29, 0.717) is 12.7 Å². The van der Waals surface area contributed by atoms with Gasteiger partial charge in [-0.3, -0.25) is 0 Å². The maximum absolute atomic E-state index is 5.11. The molecule has 0 bridgehead atoms. The van der Waals surface area contributed by atoms with Crippen molar-refractivity contribution in [1.82, 2.24) is 4.98 Å². The predicted molar refractivity (Wildman–Crippen MR) is 34.7 cm³/mol. The fraction of sp³-hybridized carbons (Fsp3) is 0.500. The van der Waals surface area contributed by atoms with Crippen molar-refractivity contribution in [2.24, 2.45) is 0 Å². The molecule has 0 aromatic carbocycles. The molecule has 0 radical (unpaired) electrons. The van der Waals surface area contributed by atoms with Crippen molar-refractivity contribution in [1.29, 1.82) is 0 Å². The predicted octanol–water partition coefficient (Wildman–Crippen LogP) is 0.469. The maximum Gasteiger partial charge on any atom is 0.299 e. The molecule has 2 rings (SSSR count). The van der Waals surface area contributed by atoms with Gasteiger partial charge in [0.25, 0.3) is 6.01 Å². The maximum atomic E-state index is 5.11. The van der Waals surface area contributed by atoms with E-state index in [1.54, 1.807) is 12.5 Å². The summed E-state index contributed by atoms with van der Waals surface area (Å²) in [6, 6.07) is 0.650. The van der Waals surface area contributed by atoms with Crippen molar-refractivity contribution in [2.45, 2.75) is 0 Å². The Morgan fingerprint density at radius 1 is 1.60 bits per heavy atom. The summed E-state index contributed by atoms with van der Waals surface area (Å²) in [5.41, 5.74) is 0. The quantitative estimate of drug-likeness (QED) is 0.568. The van der Waals surface area contributed by atoms with Crippen molar-refractivity contribution >= 4 is 6.01 Å². The average Bonchev–Trinajstić information content (AvgIpc) is 2.59. The fourth-order valence-corrected chi connectivity index (χ4v) is 0.937. The molecule has 2 heterocycles. The van der Waals surface area contributed by atoms with E-state index in [4.69, 9.17) is 9.15 Å².